The molecule has 0 fully saturated rings. The molecule has 0 saturated carbocycles. The lowest BCUT2D eigenvalue weighted by Gasteiger charge is -2.28. The zero-order chi connectivity index (χ0) is 16.9. The summed E-state index contributed by atoms with van der Waals surface area (Å²) in [7, 11) is 0. The van der Waals surface area contributed by atoms with Gasteiger partial charge in [0, 0.05) is 15.1 Å². The fourth-order valence-corrected chi connectivity index (χ4v) is 3.51. The molecule has 5 nitrogen and oxygen atoms in total. The quantitative estimate of drug-likeness (QED) is 0.766. The van der Waals surface area contributed by atoms with Crippen molar-refractivity contribution < 1.29 is 14.4 Å². The van der Waals surface area contributed by atoms with Crippen molar-refractivity contribution in [3.05, 3.63) is 63.1 Å². The van der Waals surface area contributed by atoms with Crippen LogP contribution in [0, 0.1) is 0 Å². The highest BCUT2D eigenvalue weighted by molar-refractivity contribution is 9.10. The smallest absolute Gasteiger partial charge is 0.327 e. The summed E-state index contributed by atoms with van der Waals surface area (Å²) in [4.78, 5) is 20.2. The standard InChI is InChI=1S/C17H12BrClN2O3/c1-2-23-17-15(22)13-9-11(18)6-7-14(13)21(17)16(20-24-17)10-4-3-5-12(19)8-10/h3-9H,2H2,1H3. The molecule has 0 aromatic heterocycles. The van der Waals surface area contributed by atoms with E-state index in [4.69, 9.17) is 21.2 Å². The summed E-state index contributed by atoms with van der Waals surface area (Å²) >= 11 is 9.49. The van der Waals surface area contributed by atoms with E-state index in [0.717, 1.165) is 10.0 Å². The summed E-state index contributed by atoms with van der Waals surface area (Å²) in [6.45, 7) is 2.11. The summed E-state index contributed by atoms with van der Waals surface area (Å²) in [5, 5.41) is 4.70. The largest absolute Gasteiger partial charge is 0.390 e. The molecule has 0 bridgehead atoms. The normalized spacial score (nSPS) is 21.4. The number of halogens is 2. The Morgan fingerprint density at radius 2 is 2.17 bits per heavy atom. The number of rotatable bonds is 3. The number of Topliss-reactive ketones (excluding diaryl/α,β-unsaturated/α-hetero) is 1. The molecule has 0 N–H and O–H groups in total. The number of hydrogen-bond donors (Lipinski definition) is 0. The van der Waals surface area contributed by atoms with Crippen molar-refractivity contribution in [2.45, 2.75) is 12.8 Å². The van der Waals surface area contributed by atoms with Crippen molar-refractivity contribution in [3.63, 3.8) is 0 Å². The molecule has 0 amide bonds. The maximum absolute atomic E-state index is 13.0. The average Bonchev–Trinajstić information content (AvgIpc) is 3.04. The predicted molar refractivity (Wildman–Crippen MR) is 94.4 cm³/mol. The first-order valence-electron chi connectivity index (χ1n) is 7.37. The van der Waals surface area contributed by atoms with Gasteiger partial charge in [0.15, 0.2) is 5.84 Å². The summed E-state index contributed by atoms with van der Waals surface area (Å²) in [6.07, 6.45) is 0. The van der Waals surface area contributed by atoms with Crippen LogP contribution >= 0.6 is 27.5 Å². The minimum Gasteiger partial charge on any atom is -0.327 e. The van der Waals surface area contributed by atoms with Crippen molar-refractivity contribution >= 4 is 44.8 Å². The van der Waals surface area contributed by atoms with Gasteiger partial charge >= 0.3 is 5.91 Å². The molecule has 0 aliphatic carbocycles. The molecule has 1 unspecified atom stereocenters. The number of carbonyl (C=O) groups is 1. The molecule has 1 atom stereocenters. The molecule has 4 rings (SSSR count). The van der Waals surface area contributed by atoms with Gasteiger partial charge in [-0.1, -0.05) is 44.8 Å². The van der Waals surface area contributed by atoms with E-state index in [1.807, 2.05) is 24.3 Å². The Kier molecular flexibility index (Phi) is 3.63. The molecule has 2 aliphatic heterocycles. The van der Waals surface area contributed by atoms with Gasteiger partial charge in [0.1, 0.15) is 0 Å². The molecule has 2 aromatic rings. The zero-order valence-electron chi connectivity index (χ0n) is 12.6. The second kappa shape index (κ2) is 5.58. The highest BCUT2D eigenvalue weighted by Gasteiger charge is 2.61. The molecule has 0 radical (unpaired) electrons. The Balaban J connectivity index is 1.89. The third-order valence-corrected chi connectivity index (χ3v) is 4.64. The van der Waals surface area contributed by atoms with Crippen LogP contribution in [0.4, 0.5) is 5.69 Å². The molecular formula is C17H12BrClN2O3. The Hall–Kier alpha value is -1.89. The van der Waals surface area contributed by atoms with Gasteiger partial charge in [-0.3, -0.25) is 9.69 Å². The number of nitrogens with zero attached hydrogens (tertiary/aromatic N) is 2. The van der Waals surface area contributed by atoms with Crippen molar-refractivity contribution in [1.29, 1.82) is 0 Å². The van der Waals surface area contributed by atoms with Gasteiger partial charge < -0.3 is 9.57 Å². The number of ether oxygens (including phenoxy) is 1. The van der Waals surface area contributed by atoms with Crippen molar-refractivity contribution in [2.24, 2.45) is 5.16 Å². The van der Waals surface area contributed by atoms with E-state index in [1.165, 1.54) is 0 Å². The maximum Gasteiger partial charge on any atom is 0.390 e. The van der Waals surface area contributed by atoms with Gasteiger partial charge in [0.2, 0.25) is 0 Å². The summed E-state index contributed by atoms with van der Waals surface area (Å²) < 4.78 is 6.53. The Morgan fingerprint density at radius 3 is 2.92 bits per heavy atom. The number of benzene rings is 2. The molecule has 7 heteroatoms. The van der Waals surface area contributed by atoms with Crippen LogP contribution in [-0.4, -0.2) is 24.1 Å². The highest BCUT2D eigenvalue weighted by atomic mass is 79.9. The molecule has 0 spiro atoms. The molecule has 2 heterocycles. The highest BCUT2D eigenvalue weighted by Crippen LogP contribution is 2.45. The lowest BCUT2D eigenvalue weighted by atomic mass is 10.1. The molecule has 122 valence electrons. The predicted octanol–water partition coefficient (Wildman–Crippen LogP) is 4.19. The number of amidine groups is 1. The fraction of sp³-hybridized carbons (Fsp3) is 0.176. The van der Waals surface area contributed by atoms with Gasteiger partial charge in [-0.15, -0.1) is 0 Å². The van der Waals surface area contributed by atoms with Gasteiger partial charge in [-0.25, -0.2) is 0 Å². The first-order chi connectivity index (χ1) is 11.6. The number of carbonyl (C=O) groups excluding carboxylic acids is 1. The molecule has 24 heavy (non-hydrogen) atoms. The summed E-state index contributed by atoms with van der Waals surface area (Å²) in [5.41, 5.74) is 1.95. The maximum atomic E-state index is 13.0. The van der Waals surface area contributed by atoms with Crippen LogP contribution in [-0.2, 0) is 9.57 Å². The van der Waals surface area contributed by atoms with Crippen LogP contribution in [0.25, 0.3) is 0 Å². The van der Waals surface area contributed by atoms with E-state index in [1.54, 1.807) is 30.0 Å². The van der Waals surface area contributed by atoms with E-state index in [-0.39, 0.29) is 5.78 Å². The molecular weight excluding hydrogens is 396 g/mol. The molecule has 0 saturated heterocycles. The third kappa shape index (κ3) is 2.10. The second-order valence-electron chi connectivity index (χ2n) is 5.36. The Bertz CT molecular complexity index is 886. The van der Waals surface area contributed by atoms with E-state index >= 15 is 0 Å². The van der Waals surface area contributed by atoms with Gasteiger partial charge in [-0.05, 0) is 37.3 Å². The van der Waals surface area contributed by atoms with Crippen LogP contribution in [0.15, 0.2) is 52.1 Å². The Morgan fingerprint density at radius 1 is 1.33 bits per heavy atom. The topological polar surface area (TPSA) is 51.1 Å². The number of fused-ring (bicyclic) bond motifs is 3. The number of ketones is 1. The van der Waals surface area contributed by atoms with E-state index in [2.05, 4.69) is 21.1 Å². The average molecular weight is 408 g/mol. The minimum absolute atomic E-state index is 0.276. The van der Waals surface area contributed by atoms with Crippen LogP contribution in [0.2, 0.25) is 5.02 Å². The third-order valence-electron chi connectivity index (χ3n) is 3.92. The summed E-state index contributed by atoms with van der Waals surface area (Å²) in [5.74, 6) is -1.38. The van der Waals surface area contributed by atoms with Gasteiger partial charge in [0.25, 0.3) is 5.78 Å². The second-order valence-corrected chi connectivity index (χ2v) is 6.71. The monoisotopic (exact) mass is 406 g/mol. The first-order valence-corrected chi connectivity index (χ1v) is 8.54. The molecule has 2 aromatic carbocycles. The lowest BCUT2D eigenvalue weighted by Crippen LogP contribution is -2.52. The van der Waals surface area contributed by atoms with E-state index in [0.29, 0.717) is 28.7 Å². The summed E-state index contributed by atoms with van der Waals surface area (Å²) in [6, 6.07) is 12.7. The fourth-order valence-electron chi connectivity index (χ4n) is 2.96. The van der Waals surface area contributed by atoms with Crippen LogP contribution < -0.4 is 4.90 Å². The van der Waals surface area contributed by atoms with Gasteiger partial charge in [0.05, 0.1) is 17.9 Å². The van der Waals surface area contributed by atoms with Crippen LogP contribution in [0.3, 0.4) is 0 Å². The van der Waals surface area contributed by atoms with E-state index < -0.39 is 5.91 Å². The minimum atomic E-state index is -1.59. The van der Waals surface area contributed by atoms with Crippen molar-refractivity contribution in [1.82, 2.24) is 0 Å². The van der Waals surface area contributed by atoms with Gasteiger partial charge in [-0.2, -0.15) is 0 Å². The van der Waals surface area contributed by atoms with Crippen molar-refractivity contribution in [2.75, 3.05) is 11.5 Å². The zero-order valence-corrected chi connectivity index (χ0v) is 15.0. The number of hydrogen-bond acceptors (Lipinski definition) is 5. The SMILES string of the molecule is CCOC12ON=C(c3cccc(Cl)c3)N1c1ccc(Br)cc1C2=O. The van der Waals surface area contributed by atoms with Crippen LogP contribution in [0.5, 0.6) is 0 Å². The van der Waals surface area contributed by atoms with Crippen LogP contribution in [0.1, 0.15) is 22.8 Å². The van der Waals surface area contributed by atoms with Crippen molar-refractivity contribution in [3.8, 4) is 0 Å². The number of anilines is 1. The lowest BCUT2D eigenvalue weighted by molar-refractivity contribution is -0.178. The molecule has 2 aliphatic rings. The van der Waals surface area contributed by atoms with E-state index in [9.17, 15) is 4.79 Å². The number of oxime groups is 1. The Labute approximate surface area is 151 Å². The first kappa shape index (κ1) is 15.6.